The molecule has 0 aliphatic heterocycles. The number of rotatable bonds is 1. The molecule has 0 bridgehead atoms. The highest BCUT2D eigenvalue weighted by Crippen LogP contribution is 2.40. The van der Waals surface area contributed by atoms with Crippen LogP contribution < -0.4 is 11.4 Å². The van der Waals surface area contributed by atoms with Gasteiger partial charge in [-0.05, 0) is 12.1 Å². The van der Waals surface area contributed by atoms with Crippen LogP contribution >= 0.6 is 0 Å². The molecule has 1 aromatic carbocycles. The molecule has 5 N–H and O–H groups in total. The summed E-state index contributed by atoms with van der Waals surface area (Å²) < 4.78 is 4.64. The Morgan fingerprint density at radius 1 is 1.18 bits per heavy atom. The van der Waals surface area contributed by atoms with Crippen molar-refractivity contribution in [2.45, 2.75) is 0 Å². The van der Waals surface area contributed by atoms with Gasteiger partial charge in [-0.15, -0.1) is 0 Å². The molecule has 88 valence electrons. The molecule has 0 atom stereocenters. The van der Waals surface area contributed by atoms with Gasteiger partial charge in [0.15, 0.2) is 11.3 Å². The number of amides is 1. The highest BCUT2D eigenvalue weighted by atomic mass is 16.4. The van der Waals surface area contributed by atoms with Gasteiger partial charge >= 0.3 is 5.63 Å². The van der Waals surface area contributed by atoms with E-state index < -0.39 is 34.3 Å². The van der Waals surface area contributed by atoms with Crippen LogP contribution in [0.1, 0.15) is 10.4 Å². The van der Waals surface area contributed by atoms with Gasteiger partial charge in [-0.25, -0.2) is 4.79 Å². The molecular weight excluding hydrogens is 230 g/mol. The third kappa shape index (κ3) is 1.53. The van der Waals surface area contributed by atoms with E-state index >= 15 is 0 Å². The predicted octanol–water partition coefficient (Wildman–Crippen LogP) is 0.00870. The minimum absolute atomic E-state index is 0.0613. The number of aromatic hydroxyl groups is 3. The topological polar surface area (TPSA) is 134 Å². The van der Waals surface area contributed by atoms with Gasteiger partial charge in [-0.3, -0.25) is 4.79 Å². The second kappa shape index (κ2) is 3.41. The van der Waals surface area contributed by atoms with Crippen molar-refractivity contribution >= 4 is 16.9 Å². The van der Waals surface area contributed by atoms with Gasteiger partial charge in [-0.1, -0.05) is 0 Å². The van der Waals surface area contributed by atoms with E-state index in [0.29, 0.717) is 0 Å². The summed E-state index contributed by atoms with van der Waals surface area (Å²) in [6.07, 6.45) is 0. The minimum atomic E-state index is -1.04. The molecule has 7 heteroatoms. The Hall–Kier alpha value is -2.70. The van der Waals surface area contributed by atoms with Crippen LogP contribution in [0.25, 0.3) is 11.0 Å². The van der Waals surface area contributed by atoms with Gasteiger partial charge in [0.2, 0.25) is 11.5 Å². The molecule has 0 fully saturated rings. The van der Waals surface area contributed by atoms with Crippen molar-refractivity contribution in [3.8, 4) is 17.2 Å². The van der Waals surface area contributed by atoms with E-state index in [2.05, 4.69) is 4.42 Å². The zero-order valence-corrected chi connectivity index (χ0v) is 8.30. The van der Waals surface area contributed by atoms with Crippen molar-refractivity contribution in [3.63, 3.8) is 0 Å². The summed E-state index contributed by atoms with van der Waals surface area (Å²) in [4.78, 5) is 22.2. The number of nitrogens with two attached hydrogens (primary N) is 1. The van der Waals surface area contributed by atoms with E-state index in [9.17, 15) is 24.9 Å². The summed E-state index contributed by atoms with van der Waals surface area (Å²) in [6.45, 7) is 0. The van der Waals surface area contributed by atoms with E-state index in [0.717, 1.165) is 12.1 Å². The second-order valence-corrected chi connectivity index (χ2v) is 3.32. The molecule has 2 rings (SSSR count). The smallest absolute Gasteiger partial charge is 0.349 e. The van der Waals surface area contributed by atoms with Crippen molar-refractivity contribution in [2.75, 3.05) is 0 Å². The molecule has 2 aromatic rings. The molecule has 0 unspecified atom stereocenters. The molecule has 0 radical (unpaired) electrons. The van der Waals surface area contributed by atoms with Gasteiger partial charge in [-0.2, -0.15) is 0 Å². The number of phenols is 3. The molecule has 7 nitrogen and oxygen atoms in total. The van der Waals surface area contributed by atoms with Gasteiger partial charge in [0.05, 0.1) is 0 Å². The number of carbonyl (C=O) groups is 1. The van der Waals surface area contributed by atoms with Gasteiger partial charge < -0.3 is 25.5 Å². The van der Waals surface area contributed by atoms with Crippen LogP contribution in [0.2, 0.25) is 0 Å². The Kier molecular flexibility index (Phi) is 2.17. The van der Waals surface area contributed by atoms with Crippen LogP contribution in [-0.4, -0.2) is 21.2 Å². The maximum Gasteiger partial charge on any atom is 0.349 e. The standard InChI is InChI=1S/C10H7NO6/c11-9(15)4-1-3-2-5(12)6(13)7(14)8(3)17-10(4)16/h1-2,12-14H,(H2,11,15). The SMILES string of the molecule is NC(=O)c1cc2cc(O)c(O)c(O)c2oc1=O. The molecule has 0 aliphatic carbocycles. The molecule has 0 saturated carbocycles. The van der Waals surface area contributed by atoms with Crippen molar-refractivity contribution < 1.29 is 24.5 Å². The maximum absolute atomic E-state index is 11.3. The summed E-state index contributed by atoms with van der Waals surface area (Å²) >= 11 is 0. The quantitative estimate of drug-likeness (QED) is 0.407. The lowest BCUT2D eigenvalue weighted by Crippen LogP contribution is -2.20. The zero-order chi connectivity index (χ0) is 12.7. The lowest BCUT2D eigenvalue weighted by molar-refractivity contribution is 0.0997. The fraction of sp³-hybridized carbons (Fsp3) is 0. The first-order chi connectivity index (χ1) is 7.91. The lowest BCUT2D eigenvalue weighted by Gasteiger charge is -2.04. The zero-order valence-electron chi connectivity index (χ0n) is 8.30. The summed E-state index contributed by atoms with van der Waals surface area (Å²) in [5, 5.41) is 28.0. The monoisotopic (exact) mass is 237 g/mol. The van der Waals surface area contributed by atoms with Gasteiger partial charge in [0, 0.05) is 5.39 Å². The minimum Gasteiger partial charge on any atom is -0.504 e. The fourth-order valence-electron chi connectivity index (χ4n) is 1.40. The number of primary amides is 1. The largest absolute Gasteiger partial charge is 0.504 e. The second-order valence-electron chi connectivity index (χ2n) is 3.32. The Balaban J connectivity index is 2.94. The van der Waals surface area contributed by atoms with E-state index in [4.69, 9.17) is 5.73 Å². The van der Waals surface area contributed by atoms with Gasteiger partial charge in [0.1, 0.15) is 5.56 Å². The molecule has 17 heavy (non-hydrogen) atoms. The summed E-state index contributed by atoms with van der Waals surface area (Å²) in [5.74, 6) is -3.20. The van der Waals surface area contributed by atoms with E-state index in [1.807, 2.05) is 0 Å². The van der Waals surface area contributed by atoms with Crippen molar-refractivity contribution in [2.24, 2.45) is 5.73 Å². The van der Waals surface area contributed by atoms with Crippen LogP contribution in [0.5, 0.6) is 17.2 Å². The van der Waals surface area contributed by atoms with Crippen molar-refractivity contribution in [3.05, 3.63) is 28.1 Å². The van der Waals surface area contributed by atoms with Crippen molar-refractivity contribution in [1.29, 1.82) is 0 Å². The lowest BCUT2D eigenvalue weighted by atomic mass is 10.1. The number of phenolic OH excluding ortho intramolecular Hbond substituents is 3. The highest BCUT2D eigenvalue weighted by molar-refractivity contribution is 5.97. The number of benzene rings is 1. The fourth-order valence-corrected chi connectivity index (χ4v) is 1.40. The Morgan fingerprint density at radius 3 is 2.41 bits per heavy atom. The molecular formula is C10H7NO6. The molecule has 0 aliphatic rings. The summed E-state index contributed by atoms with van der Waals surface area (Å²) in [6, 6.07) is 2.09. The molecule has 1 heterocycles. The first-order valence-electron chi connectivity index (χ1n) is 4.43. The van der Waals surface area contributed by atoms with Crippen LogP contribution in [0, 0.1) is 0 Å². The average molecular weight is 237 g/mol. The third-order valence-corrected chi connectivity index (χ3v) is 2.22. The van der Waals surface area contributed by atoms with Crippen LogP contribution in [0.4, 0.5) is 0 Å². The van der Waals surface area contributed by atoms with Gasteiger partial charge in [0.25, 0.3) is 5.91 Å². The highest BCUT2D eigenvalue weighted by Gasteiger charge is 2.17. The summed E-state index contributed by atoms with van der Waals surface area (Å²) in [5.41, 5.74) is 3.15. The molecule has 0 spiro atoms. The molecule has 1 aromatic heterocycles. The van der Waals surface area contributed by atoms with Crippen LogP contribution in [0.3, 0.4) is 0 Å². The predicted molar refractivity (Wildman–Crippen MR) is 56.0 cm³/mol. The normalized spacial score (nSPS) is 10.6. The Morgan fingerprint density at radius 2 is 1.82 bits per heavy atom. The maximum atomic E-state index is 11.3. The molecule has 0 saturated heterocycles. The third-order valence-electron chi connectivity index (χ3n) is 2.22. The van der Waals surface area contributed by atoms with E-state index in [1.165, 1.54) is 0 Å². The van der Waals surface area contributed by atoms with Crippen molar-refractivity contribution in [1.82, 2.24) is 0 Å². The van der Waals surface area contributed by atoms with E-state index in [-0.39, 0.29) is 11.0 Å². The molecule has 1 amide bonds. The Labute approximate surface area is 93.3 Å². The average Bonchev–Trinajstić information content (AvgIpc) is 2.26. The number of carbonyl (C=O) groups excluding carboxylic acids is 1. The van der Waals surface area contributed by atoms with E-state index in [1.54, 1.807) is 0 Å². The van der Waals surface area contributed by atoms with Crippen LogP contribution in [-0.2, 0) is 0 Å². The first kappa shape index (κ1) is 10.8. The summed E-state index contributed by atoms with van der Waals surface area (Å²) in [7, 11) is 0. The Bertz CT molecular complexity index is 687. The van der Waals surface area contributed by atoms with Crippen LogP contribution in [0.15, 0.2) is 21.3 Å². The first-order valence-corrected chi connectivity index (χ1v) is 4.43. The number of hydrogen-bond acceptors (Lipinski definition) is 6. The number of fused-ring (bicyclic) bond motifs is 1. The number of hydrogen-bond donors (Lipinski definition) is 4.